The zero-order valence-corrected chi connectivity index (χ0v) is 17.4. The molecule has 3 aliphatic heterocycles. The number of rotatable bonds is 3. The van der Waals surface area contributed by atoms with Crippen LogP contribution >= 0.6 is 11.6 Å². The van der Waals surface area contributed by atoms with Crippen molar-refractivity contribution in [3.05, 3.63) is 52.5 Å². The number of carbonyl (C=O) groups excluding carboxylic acids is 2. The molecule has 0 saturated carbocycles. The normalized spacial score (nSPS) is 20.7. The molecule has 2 saturated heterocycles. The lowest BCUT2D eigenvalue weighted by atomic mass is 10.0. The van der Waals surface area contributed by atoms with Crippen molar-refractivity contribution >= 4 is 29.1 Å². The van der Waals surface area contributed by atoms with E-state index in [1.165, 1.54) is 0 Å². The Bertz CT molecular complexity index is 1010. The molecule has 2 amide bonds. The standard InChI is InChI=1S/C23H23ClN2O4/c24-17-7-5-16(13-19(17)25-9-2-4-22(25)27)23(28)26-10-1-3-18(26)15-6-8-20-21(14-15)30-12-11-29-20/h5-8,13-14,18H,1-4,9-12H2. The van der Waals surface area contributed by atoms with Crippen LogP contribution in [0.5, 0.6) is 11.5 Å². The van der Waals surface area contributed by atoms with E-state index in [-0.39, 0.29) is 17.9 Å². The molecule has 0 spiro atoms. The van der Waals surface area contributed by atoms with Gasteiger partial charge in [-0.3, -0.25) is 9.59 Å². The molecule has 3 heterocycles. The summed E-state index contributed by atoms with van der Waals surface area (Å²) < 4.78 is 11.3. The molecular weight excluding hydrogens is 404 g/mol. The van der Waals surface area contributed by atoms with Gasteiger partial charge < -0.3 is 19.3 Å². The molecule has 2 fully saturated rings. The molecule has 2 aromatic carbocycles. The van der Waals surface area contributed by atoms with Gasteiger partial charge in [0.2, 0.25) is 5.91 Å². The molecule has 1 atom stereocenters. The number of carbonyl (C=O) groups is 2. The second-order valence-electron chi connectivity index (χ2n) is 7.87. The van der Waals surface area contributed by atoms with Crippen molar-refractivity contribution in [1.29, 1.82) is 0 Å². The largest absolute Gasteiger partial charge is 0.486 e. The number of likely N-dealkylation sites (tertiary alicyclic amines) is 1. The highest BCUT2D eigenvalue weighted by molar-refractivity contribution is 6.34. The number of halogens is 1. The Morgan fingerprint density at radius 2 is 1.83 bits per heavy atom. The maximum Gasteiger partial charge on any atom is 0.254 e. The second kappa shape index (κ2) is 7.84. The van der Waals surface area contributed by atoms with E-state index in [2.05, 4.69) is 0 Å². The van der Waals surface area contributed by atoms with Crippen molar-refractivity contribution in [3.8, 4) is 11.5 Å². The lowest BCUT2D eigenvalue weighted by Crippen LogP contribution is -2.31. The van der Waals surface area contributed by atoms with Crippen LogP contribution in [0.2, 0.25) is 5.02 Å². The summed E-state index contributed by atoms with van der Waals surface area (Å²) in [6.45, 7) is 2.42. The third-order valence-electron chi connectivity index (χ3n) is 6.02. The first-order valence-corrected chi connectivity index (χ1v) is 10.8. The van der Waals surface area contributed by atoms with Gasteiger partial charge in [0.25, 0.3) is 5.91 Å². The van der Waals surface area contributed by atoms with Gasteiger partial charge in [-0.2, -0.15) is 0 Å². The van der Waals surface area contributed by atoms with Gasteiger partial charge in [-0.1, -0.05) is 17.7 Å². The average Bonchev–Trinajstić information content (AvgIpc) is 3.42. The SMILES string of the molecule is O=C1CCCN1c1cc(C(=O)N2CCCC2c2ccc3c(c2)OCCO3)ccc1Cl. The van der Waals surface area contributed by atoms with Gasteiger partial charge in [0.15, 0.2) is 11.5 Å². The highest BCUT2D eigenvalue weighted by Gasteiger charge is 2.32. The summed E-state index contributed by atoms with van der Waals surface area (Å²) in [6, 6.07) is 11.1. The lowest BCUT2D eigenvalue weighted by molar-refractivity contribution is -0.117. The Labute approximate surface area is 180 Å². The number of amides is 2. The maximum absolute atomic E-state index is 13.4. The van der Waals surface area contributed by atoms with Gasteiger partial charge in [0.1, 0.15) is 13.2 Å². The molecule has 0 radical (unpaired) electrons. The van der Waals surface area contributed by atoms with Gasteiger partial charge in [-0.25, -0.2) is 0 Å². The van der Waals surface area contributed by atoms with Gasteiger partial charge in [0.05, 0.1) is 16.8 Å². The van der Waals surface area contributed by atoms with E-state index in [0.717, 1.165) is 36.3 Å². The van der Waals surface area contributed by atoms with Crippen molar-refractivity contribution in [1.82, 2.24) is 4.90 Å². The molecule has 0 aliphatic carbocycles. The van der Waals surface area contributed by atoms with Gasteiger partial charge in [-0.05, 0) is 55.2 Å². The summed E-state index contributed by atoms with van der Waals surface area (Å²) in [5.74, 6) is 1.49. The van der Waals surface area contributed by atoms with Crippen LogP contribution in [0.4, 0.5) is 5.69 Å². The van der Waals surface area contributed by atoms with E-state index in [1.807, 2.05) is 23.1 Å². The maximum atomic E-state index is 13.4. The molecule has 156 valence electrons. The Hall–Kier alpha value is -2.73. The first-order chi connectivity index (χ1) is 14.6. The van der Waals surface area contributed by atoms with Crippen LogP contribution in [0.25, 0.3) is 0 Å². The second-order valence-corrected chi connectivity index (χ2v) is 8.28. The fourth-order valence-electron chi connectivity index (χ4n) is 4.54. The summed E-state index contributed by atoms with van der Waals surface area (Å²) in [5, 5.41) is 0.492. The van der Waals surface area contributed by atoms with Crippen LogP contribution in [0.3, 0.4) is 0 Å². The predicted octanol–water partition coefficient (Wildman–Crippen LogP) is 4.22. The molecule has 0 N–H and O–H groups in total. The minimum Gasteiger partial charge on any atom is -0.486 e. The quantitative estimate of drug-likeness (QED) is 0.737. The smallest absolute Gasteiger partial charge is 0.254 e. The Balaban J connectivity index is 1.42. The van der Waals surface area contributed by atoms with Crippen LogP contribution in [0.15, 0.2) is 36.4 Å². The first kappa shape index (κ1) is 19.2. The number of nitrogens with zero attached hydrogens (tertiary/aromatic N) is 2. The topological polar surface area (TPSA) is 59.1 Å². The number of ether oxygens (including phenoxy) is 2. The average molecular weight is 427 g/mol. The number of anilines is 1. The van der Waals surface area contributed by atoms with Crippen LogP contribution in [0.1, 0.15) is 47.6 Å². The van der Waals surface area contributed by atoms with E-state index in [0.29, 0.717) is 49.0 Å². The van der Waals surface area contributed by atoms with E-state index < -0.39 is 0 Å². The van der Waals surface area contributed by atoms with Gasteiger partial charge in [-0.15, -0.1) is 0 Å². The highest BCUT2D eigenvalue weighted by atomic mass is 35.5. The molecule has 0 bridgehead atoms. The van der Waals surface area contributed by atoms with Crippen LogP contribution in [0, 0.1) is 0 Å². The minimum absolute atomic E-state index is 0.0131. The molecule has 30 heavy (non-hydrogen) atoms. The van der Waals surface area contributed by atoms with Crippen molar-refractivity contribution in [2.75, 3.05) is 31.2 Å². The molecule has 0 aromatic heterocycles. The summed E-state index contributed by atoms with van der Waals surface area (Å²) in [5.41, 5.74) is 2.23. The zero-order chi connectivity index (χ0) is 20.7. The summed E-state index contributed by atoms with van der Waals surface area (Å²) in [6.07, 6.45) is 3.17. The number of benzene rings is 2. The van der Waals surface area contributed by atoms with E-state index >= 15 is 0 Å². The summed E-state index contributed by atoms with van der Waals surface area (Å²) in [7, 11) is 0. The summed E-state index contributed by atoms with van der Waals surface area (Å²) >= 11 is 6.35. The molecule has 5 rings (SSSR count). The lowest BCUT2D eigenvalue weighted by Gasteiger charge is -2.27. The summed E-state index contributed by atoms with van der Waals surface area (Å²) in [4.78, 5) is 29.2. The molecule has 2 aromatic rings. The molecule has 7 heteroatoms. The molecule has 3 aliphatic rings. The fourth-order valence-corrected chi connectivity index (χ4v) is 4.76. The van der Waals surface area contributed by atoms with Gasteiger partial charge >= 0.3 is 0 Å². The Morgan fingerprint density at radius 3 is 2.63 bits per heavy atom. The number of hydrogen-bond acceptors (Lipinski definition) is 4. The van der Waals surface area contributed by atoms with Crippen LogP contribution < -0.4 is 14.4 Å². The van der Waals surface area contributed by atoms with Crippen molar-refractivity contribution in [2.45, 2.75) is 31.7 Å². The van der Waals surface area contributed by atoms with E-state index in [4.69, 9.17) is 21.1 Å². The molecule has 1 unspecified atom stereocenters. The minimum atomic E-state index is -0.0445. The molecular formula is C23H23ClN2O4. The predicted molar refractivity (Wildman–Crippen MR) is 113 cm³/mol. The first-order valence-electron chi connectivity index (χ1n) is 10.4. The number of fused-ring (bicyclic) bond motifs is 1. The Kier molecular flexibility index (Phi) is 5.03. The van der Waals surface area contributed by atoms with Crippen LogP contribution in [-0.2, 0) is 4.79 Å². The van der Waals surface area contributed by atoms with E-state index in [9.17, 15) is 9.59 Å². The Morgan fingerprint density at radius 1 is 1.00 bits per heavy atom. The van der Waals surface area contributed by atoms with Crippen molar-refractivity contribution in [2.24, 2.45) is 0 Å². The monoisotopic (exact) mass is 426 g/mol. The molecule has 6 nitrogen and oxygen atoms in total. The zero-order valence-electron chi connectivity index (χ0n) is 16.6. The van der Waals surface area contributed by atoms with Crippen molar-refractivity contribution in [3.63, 3.8) is 0 Å². The highest BCUT2D eigenvalue weighted by Crippen LogP contribution is 2.39. The third kappa shape index (κ3) is 3.39. The third-order valence-corrected chi connectivity index (χ3v) is 6.34. The van der Waals surface area contributed by atoms with Crippen molar-refractivity contribution < 1.29 is 19.1 Å². The number of hydrogen-bond donors (Lipinski definition) is 0. The van der Waals surface area contributed by atoms with Crippen LogP contribution in [-0.4, -0.2) is 43.0 Å². The van der Waals surface area contributed by atoms with Gasteiger partial charge in [0, 0.05) is 25.1 Å². The fraction of sp³-hybridized carbons (Fsp3) is 0.391. The van der Waals surface area contributed by atoms with E-state index in [1.54, 1.807) is 23.1 Å².